The largest absolute Gasteiger partial charge is 0.330 e. The lowest BCUT2D eigenvalue weighted by Gasteiger charge is -2.02. The number of para-hydroxylation sites is 1. The number of benzene rings is 1. The van der Waals surface area contributed by atoms with E-state index in [2.05, 4.69) is 10.5 Å². The molecule has 0 saturated carbocycles. The van der Waals surface area contributed by atoms with Crippen molar-refractivity contribution < 1.29 is 4.79 Å². The van der Waals surface area contributed by atoms with Crippen molar-refractivity contribution in [2.45, 2.75) is 0 Å². The van der Waals surface area contributed by atoms with Crippen LogP contribution in [-0.2, 0) is 25.9 Å². The Hall–Kier alpha value is -3.20. The highest BCUT2D eigenvalue weighted by Gasteiger charge is 2.05. The maximum atomic E-state index is 12.0. The van der Waals surface area contributed by atoms with Crippen LogP contribution in [0.15, 0.2) is 51.2 Å². The van der Waals surface area contributed by atoms with Crippen LogP contribution in [0.1, 0.15) is 5.56 Å². The predicted octanol–water partition coefficient (Wildman–Crippen LogP) is 0.282. The molecular formula is C17H17N5O3S. The highest BCUT2D eigenvalue weighted by Crippen LogP contribution is 2.14. The van der Waals surface area contributed by atoms with Gasteiger partial charge in [-0.1, -0.05) is 23.5 Å². The second kappa shape index (κ2) is 6.96. The summed E-state index contributed by atoms with van der Waals surface area (Å²) in [6.45, 7) is 0. The van der Waals surface area contributed by atoms with Gasteiger partial charge in [-0.2, -0.15) is 0 Å². The van der Waals surface area contributed by atoms with Gasteiger partial charge in [0.2, 0.25) is 4.80 Å². The van der Waals surface area contributed by atoms with Gasteiger partial charge in [0, 0.05) is 33.4 Å². The summed E-state index contributed by atoms with van der Waals surface area (Å²) in [5, 5.41) is 4.12. The van der Waals surface area contributed by atoms with Gasteiger partial charge in [0.1, 0.15) is 0 Å². The normalized spacial score (nSPS) is 12.2. The molecule has 0 bridgehead atoms. The lowest BCUT2D eigenvalue weighted by Crippen LogP contribution is -2.37. The van der Waals surface area contributed by atoms with Crippen LogP contribution in [0, 0.1) is 0 Å². The summed E-state index contributed by atoms with van der Waals surface area (Å²) in [5.74, 6) is -0.474. The van der Waals surface area contributed by atoms with E-state index in [0.717, 1.165) is 14.8 Å². The summed E-state index contributed by atoms with van der Waals surface area (Å²) < 4.78 is 5.21. The van der Waals surface area contributed by atoms with E-state index in [9.17, 15) is 14.4 Å². The lowest BCUT2D eigenvalue weighted by atomic mass is 10.3. The summed E-state index contributed by atoms with van der Waals surface area (Å²) >= 11 is 1.45. The van der Waals surface area contributed by atoms with E-state index in [4.69, 9.17) is 0 Å². The van der Waals surface area contributed by atoms with Crippen molar-refractivity contribution in [3.05, 3.63) is 67.7 Å². The zero-order valence-corrected chi connectivity index (χ0v) is 15.3. The molecule has 8 nitrogen and oxygen atoms in total. The summed E-state index contributed by atoms with van der Waals surface area (Å²) in [5.41, 5.74) is 2.80. The molecule has 1 aromatic carbocycles. The zero-order valence-electron chi connectivity index (χ0n) is 14.5. The fourth-order valence-electron chi connectivity index (χ4n) is 2.44. The molecule has 9 heteroatoms. The number of carbonyl (C=O) groups excluding carboxylic acids is 1. The SMILES string of the molecule is Cn1cc(/C=C/C(=O)N/N=c2\sc3ccccc3n2C)c(=O)n(C)c1=O. The van der Waals surface area contributed by atoms with Gasteiger partial charge in [0.05, 0.1) is 15.8 Å². The van der Waals surface area contributed by atoms with Crippen LogP contribution in [0.25, 0.3) is 16.3 Å². The lowest BCUT2D eigenvalue weighted by molar-refractivity contribution is -0.116. The number of rotatable bonds is 3. The van der Waals surface area contributed by atoms with Crippen LogP contribution in [-0.4, -0.2) is 19.6 Å². The molecule has 0 unspecified atom stereocenters. The monoisotopic (exact) mass is 371 g/mol. The Labute approximate surface area is 151 Å². The quantitative estimate of drug-likeness (QED) is 0.530. The average Bonchev–Trinajstić information content (AvgIpc) is 2.96. The first-order chi connectivity index (χ1) is 12.4. The van der Waals surface area contributed by atoms with E-state index in [1.165, 1.54) is 48.3 Å². The van der Waals surface area contributed by atoms with Gasteiger partial charge in [-0.3, -0.25) is 14.2 Å². The molecule has 1 amide bonds. The highest BCUT2D eigenvalue weighted by molar-refractivity contribution is 7.16. The molecule has 0 aliphatic carbocycles. The molecule has 0 radical (unpaired) electrons. The van der Waals surface area contributed by atoms with Gasteiger partial charge < -0.3 is 9.13 Å². The van der Waals surface area contributed by atoms with Crippen molar-refractivity contribution in [2.24, 2.45) is 26.2 Å². The van der Waals surface area contributed by atoms with Gasteiger partial charge in [-0.15, -0.1) is 5.10 Å². The highest BCUT2D eigenvalue weighted by atomic mass is 32.1. The Bertz CT molecular complexity index is 1210. The van der Waals surface area contributed by atoms with E-state index in [1.54, 1.807) is 0 Å². The second-order valence-electron chi connectivity index (χ2n) is 5.67. The summed E-state index contributed by atoms with van der Waals surface area (Å²) in [7, 11) is 4.79. The number of nitrogens with one attached hydrogen (secondary N) is 1. The van der Waals surface area contributed by atoms with Crippen LogP contribution in [0.5, 0.6) is 0 Å². The van der Waals surface area contributed by atoms with Gasteiger partial charge in [0.15, 0.2) is 0 Å². The third-order valence-electron chi connectivity index (χ3n) is 3.86. The molecule has 0 atom stereocenters. The molecule has 0 aliphatic heterocycles. The van der Waals surface area contributed by atoms with Crippen LogP contribution < -0.4 is 21.5 Å². The Morgan fingerprint density at radius 2 is 1.88 bits per heavy atom. The number of carbonyl (C=O) groups is 1. The molecular weight excluding hydrogens is 354 g/mol. The fourth-order valence-corrected chi connectivity index (χ4v) is 3.42. The van der Waals surface area contributed by atoms with E-state index in [1.807, 2.05) is 35.9 Å². The fraction of sp³-hybridized carbons (Fsp3) is 0.176. The molecule has 1 N–H and O–H groups in total. The van der Waals surface area contributed by atoms with Gasteiger partial charge in [-0.25, -0.2) is 10.2 Å². The van der Waals surface area contributed by atoms with Gasteiger partial charge in [-0.05, 0) is 18.2 Å². The maximum Gasteiger partial charge on any atom is 0.330 e. The topological polar surface area (TPSA) is 90.4 Å². The molecule has 3 rings (SSSR count). The zero-order chi connectivity index (χ0) is 18.8. The summed E-state index contributed by atoms with van der Waals surface area (Å²) in [6, 6.07) is 7.84. The van der Waals surface area contributed by atoms with Crippen LogP contribution >= 0.6 is 11.3 Å². The number of aromatic nitrogens is 3. The number of thiazole rings is 1. The van der Waals surface area contributed by atoms with E-state index >= 15 is 0 Å². The molecule has 134 valence electrons. The standard InChI is InChI=1S/C17H17N5O3S/c1-20-10-11(15(24)22(3)17(20)25)8-9-14(23)18-19-16-21(2)12-6-4-5-7-13(12)26-16/h4-10H,1-3H3,(H,18,23)/b9-8+,19-16-. The first kappa shape index (κ1) is 17.6. The Morgan fingerprint density at radius 1 is 1.15 bits per heavy atom. The number of amides is 1. The first-order valence-corrected chi connectivity index (χ1v) is 8.53. The summed E-state index contributed by atoms with van der Waals surface area (Å²) in [4.78, 5) is 36.3. The number of fused-ring (bicyclic) bond motifs is 1. The minimum Gasteiger partial charge on any atom is -0.318 e. The van der Waals surface area contributed by atoms with Crippen LogP contribution in [0.3, 0.4) is 0 Å². The number of hydrogen-bond acceptors (Lipinski definition) is 5. The molecule has 2 aromatic heterocycles. The van der Waals surface area contributed by atoms with E-state index in [-0.39, 0.29) is 5.56 Å². The van der Waals surface area contributed by atoms with Crippen molar-refractivity contribution in [3.8, 4) is 0 Å². The molecule has 26 heavy (non-hydrogen) atoms. The van der Waals surface area contributed by atoms with Crippen molar-refractivity contribution in [1.29, 1.82) is 0 Å². The van der Waals surface area contributed by atoms with Crippen molar-refractivity contribution in [2.75, 3.05) is 0 Å². The molecule has 3 aromatic rings. The number of aryl methyl sites for hydroxylation is 2. The Morgan fingerprint density at radius 3 is 2.62 bits per heavy atom. The van der Waals surface area contributed by atoms with Crippen molar-refractivity contribution in [3.63, 3.8) is 0 Å². The average molecular weight is 371 g/mol. The molecule has 2 heterocycles. The number of nitrogens with zero attached hydrogens (tertiary/aromatic N) is 4. The predicted molar refractivity (Wildman–Crippen MR) is 100 cm³/mol. The third-order valence-corrected chi connectivity index (χ3v) is 4.98. The van der Waals surface area contributed by atoms with Crippen molar-refractivity contribution in [1.82, 2.24) is 19.1 Å². The number of hydrogen-bond donors (Lipinski definition) is 1. The molecule has 0 spiro atoms. The van der Waals surface area contributed by atoms with Crippen molar-refractivity contribution >= 4 is 33.5 Å². The molecule has 0 aliphatic rings. The van der Waals surface area contributed by atoms with Gasteiger partial charge >= 0.3 is 5.69 Å². The minimum atomic E-state index is -0.474. The Balaban J connectivity index is 1.83. The maximum absolute atomic E-state index is 12.0. The molecule has 0 fully saturated rings. The first-order valence-electron chi connectivity index (χ1n) is 7.71. The second-order valence-corrected chi connectivity index (χ2v) is 6.68. The Kier molecular flexibility index (Phi) is 4.72. The smallest absolute Gasteiger partial charge is 0.318 e. The summed E-state index contributed by atoms with van der Waals surface area (Å²) in [6.07, 6.45) is 3.95. The minimum absolute atomic E-state index is 0.233. The van der Waals surface area contributed by atoms with Crippen LogP contribution in [0.4, 0.5) is 0 Å². The molecule has 0 saturated heterocycles. The third kappa shape index (κ3) is 3.29. The van der Waals surface area contributed by atoms with Crippen LogP contribution in [0.2, 0.25) is 0 Å². The van der Waals surface area contributed by atoms with E-state index < -0.39 is 17.2 Å². The van der Waals surface area contributed by atoms with Gasteiger partial charge in [0.25, 0.3) is 11.5 Å². The van der Waals surface area contributed by atoms with E-state index in [0.29, 0.717) is 4.80 Å².